The van der Waals surface area contributed by atoms with E-state index in [0.29, 0.717) is 0 Å². The summed E-state index contributed by atoms with van der Waals surface area (Å²) in [5.41, 5.74) is -0.186. The Labute approximate surface area is 101 Å². The number of hydrogen-bond donors (Lipinski definition) is 3. The van der Waals surface area contributed by atoms with Crippen molar-refractivity contribution in [3.8, 4) is 0 Å². The molecule has 1 aromatic rings. The van der Waals surface area contributed by atoms with Crippen LogP contribution >= 0.6 is 0 Å². The highest BCUT2D eigenvalue weighted by Crippen LogP contribution is 2.11. The summed E-state index contributed by atoms with van der Waals surface area (Å²) in [6.07, 6.45) is -0.507. The largest absolute Gasteiger partial charge is 0.480 e. The van der Waals surface area contributed by atoms with Crippen LogP contribution in [0.3, 0.4) is 0 Å². The normalized spacial score (nSPS) is 11.9. The minimum Gasteiger partial charge on any atom is -0.480 e. The maximum Gasteiger partial charge on any atom is 0.328 e. The Morgan fingerprint density at radius 3 is 2.56 bits per heavy atom. The number of halogens is 2. The van der Waals surface area contributed by atoms with Crippen molar-refractivity contribution in [3.05, 3.63) is 35.4 Å². The van der Waals surface area contributed by atoms with Crippen molar-refractivity contribution in [1.29, 1.82) is 0 Å². The van der Waals surface area contributed by atoms with Crippen molar-refractivity contribution < 1.29 is 28.6 Å². The molecule has 3 N–H and O–H groups in total. The molecule has 0 spiro atoms. The van der Waals surface area contributed by atoms with Crippen LogP contribution in [0.4, 0.5) is 8.78 Å². The molecule has 0 aromatic heterocycles. The van der Waals surface area contributed by atoms with Crippen molar-refractivity contribution in [2.24, 2.45) is 0 Å². The zero-order chi connectivity index (χ0) is 13.7. The zero-order valence-corrected chi connectivity index (χ0v) is 9.19. The van der Waals surface area contributed by atoms with Crippen LogP contribution in [-0.4, -0.2) is 34.7 Å². The predicted molar refractivity (Wildman–Crippen MR) is 56.7 cm³/mol. The number of nitrogens with one attached hydrogen (secondary N) is 1. The molecule has 0 radical (unpaired) electrons. The Balaban J connectivity index is 2.70. The fourth-order valence-electron chi connectivity index (χ4n) is 1.29. The lowest BCUT2D eigenvalue weighted by Gasteiger charge is -2.11. The molecule has 0 saturated carbocycles. The van der Waals surface area contributed by atoms with Crippen molar-refractivity contribution in [2.45, 2.75) is 12.5 Å². The van der Waals surface area contributed by atoms with Gasteiger partial charge in [0.1, 0.15) is 6.04 Å². The molecule has 98 valence electrons. The summed E-state index contributed by atoms with van der Waals surface area (Å²) in [6.45, 7) is -0.785. The van der Waals surface area contributed by atoms with Crippen LogP contribution < -0.4 is 5.32 Å². The van der Waals surface area contributed by atoms with E-state index in [1.165, 1.54) is 12.1 Å². The molecule has 7 heteroatoms. The Morgan fingerprint density at radius 2 is 2.00 bits per heavy atom. The van der Waals surface area contributed by atoms with Gasteiger partial charge in [0.25, 0.3) is 0 Å². The summed E-state index contributed by atoms with van der Waals surface area (Å²) in [7, 11) is 0. The number of rotatable bonds is 5. The zero-order valence-electron chi connectivity index (χ0n) is 9.19. The van der Waals surface area contributed by atoms with Gasteiger partial charge in [-0.2, -0.15) is 0 Å². The first-order valence-electron chi connectivity index (χ1n) is 5.01. The second-order valence-electron chi connectivity index (χ2n) is 3.53. The molecule has 5 nitrogen and oxygen atoms in total. The second kappa shape index (κ2) is 6.06. The van der Waals surface area contributed by atoms with Crippen LogP contribution in [0.2, 0.25) is 0 Å². The van der Waals surface area contributed by atoms with Crippen molar-refractivity contribution in [1.82, 2.24) is 5.32 Å². The molecule has 1 atom stereocenters. The standard InChI is InChI=1S/C11H11F2NO4/c12-7-3-1-2-6(10(7)13)4-9(16)14-8(5-15)11(17)18/h1-3,8,15H,4-5H2,(H,14,16)(H,17,18). The van der Waals surface area contributed by atoms with E-state index in [0.717, 1.165) is 6.07 Å². The maximum absolute atomic E-state index is 13.2. The number of aliphatic carboxylic acids is 1. The van der Waals surface area contributed by atoms with Crippen LogP contribution in [0, 0.1) is 11.6 Å². The molecule has 0 saturated heterocycles. The van der Waals surface area contributed by atoms with Crippen LogP contribution in [0.1, 0.15) is 5.56 Å². The third-order valence-corrected chi connectivity index (χ3v) is 2.20. The molecule has 0 aliphatic rings. The van der Waals surface area contributed by atoms with E-state index < -0.39 is 42.6 Å². The number of hydrogen-bond acceptors (Lipinski definition) is 3. The highest BCUT2D eigenvalue weighted by molar-refractivity contribution is 5.84. The van der Waals surface area contributed by atoms with Crippen molar-refractivity contribution in [3.63, 3.8) is 0 Å². The first-order valence-corrected chi connectivity index (χ1v) is 5.01. The molecule has 0 aliphatic carbocycles. The fraction of sp³-hybridized carbons (Fsp3) is 0.273. The Morgan fingerprint density at radius 1 is 1.33 bits per heavy atom. The molecule has 0 aliphatic heterocycles. The topological polar surface area (TPSA) is 86.6 Å². The highest BCUT2D eigenvalue weighted by atomic mass is 19.2. The lowest BCUT2D eigenvalue weighted by molar-refractivity contribution is -0.142. The number of aliphatic hydroxyl groups excluding tert-OH is 1. The first-order chi connectivity index (χ1) is 8.45. The molecule has 1 rings (SSSR count). The molecule has 0 bridgehead atoms. The summed E-state index contributed by atoms with van der Waals surface area (Å²) in [5, 5.41) is 19.2. The quantitative estimate of drug-likeness (QED) is 0.698. The van der Waals surface area contributed by atoms with Crippen LogP contribution in [-0.2, 0) is 16.0 Å². The smallest absolute Gasteiger partial charge is 0.328 e. The lowest BCUT2D eigenvalue weighted by Crippen LogP contribution is -2.44. The van der Waals surface area contributed by atoms with Gasteiger partial charge in [-0.1, -0.05) is 12.1 Å². The SMILES string of the molecule is O=C(Cc1cccc(F)c1F)NC(CO)C(=O)O. The number of carboxylic acid groups (broad SMARTS) is 1. The summed E-state index contributed by atoms with van der Waals surface area (Å²) in [6, 6.07) is 1.90. The number of carbonyl (C=O) groups is 2. The molecular formula is C11H11F2NO4. The molecule has 0 fully saturated rings. The van der Waals surface area contributed by atoms with Gasteiger partial charge in [-0.05, 0) is 6.07 Å². The summed E-state index contributed by atoms with van der Waals surface area (Å²) >= 11 is 0. The van der Waals surface area contributed by atoms with E-state index >= 15 is 0 Å². The number of carbonyl (C=O) groups excluding carboxylic acids is 1. The van der Waals surface area contributed by atoms with E-state index in [1.54, 1.807) is 0 Å². The van der Waals surface area contributed by atoms with Crippen LogP contribution in [0.15, 0.2) is 18.2 Å². The fourth-order valence-corrected chi connectivity index (χ4v) is 1.29. The molecule has 0 heterocycles. The molecular weight excluding hydrogens is 248 g/mol. The predicted octanol–water partition coefficient (Wildman–Crippen LogP) is 0.0690. The minimum atomic E-state index is -1.46. The van der Waals surface area contributed by atoms with Crippen LogP contribution in [0.25, 0.3) is 0 Å². The van der Waals surface area contributed by atoms with Crippen molar-refractivity contribution in [2.75, 3.05) is 6.61 Å². The van der Waals surface area contributed by atoms with Gasteiger partial charge in [-0.3, -0.25) is 4.79 Å². The average Bonchev–Trinajstić information content (AvgIpc) is 2.31. The lowest BCUT2D eigenvalue weighted by atomic mass is 10.1. The van der Waals surface area contributed by atoms with E-state index in [4.69, 9.17) is 10.2 Å². The Bertz CT molecular complexity index is 464. The number of benzene rings is 1. The van der Waals surface area contributed by atoms with Crippen LogP contribution in [0.5, 0.6) is 0 Å². The van der Waals surface area contributed by atoms with E-state index in [-0.39, 0.29) is 5.56 Å². The molecule has 18 heavy (non-hydrogen) atoms. The minimum absolute atomic E-state index is 0.186. The maximum atomic E-state index is 13.2. The second-order valence-corrected chi connectivity index (χ2v) is 3.53. The number of carboxylic acids is 1. The van der Waals surface area contributed by atoms with E-state index in [2.05, 4.69) is 0 Å². The van der Waals surface area contributed by atoms with Crippen molar-refractivity contribution >= 4 is 11.9 Å². The molecule has 1 aromatic carbocycles. The summed E-state index contributed by atoms with van der Waals surface area (Å²) in [5.74, 6) is -4.47. The van der Waals surface area contributed by atoms with Gasteiger partial charge in [0.15, 0.2) is 11.6 Å². The summed E-state index contributed by atoms with van der Waals surface area (Å²) in [4.78, 5) is 21.9. The van der Waals surface area contributed by atoms with Gasteiger partial charge < -0.3 is 15.5 Å². The number of amides is 1. The highest BCUT2D eigenvalue weighted by Gasteiger charge is 2.19. The van der Waals surface area contributed by atoms with E-state index in [1.807, 2.05) is 5.32 Å². The third-order valence-electron chi connectivity index (χ3n) is 2.20. The Kier molecular flexibility index (Phi) is 4.73. The molecule has 1 unspecified atom stereocenters. The van der Waals surface area contributed by atoms with Gasteiger partial charge in [-0.25, -0.2) is 13.6 Å². The Hall–Kier alpha value is -2.02. The van der Waals surface area contributed by atoms with Gasteiger partial charge in [-0.15, -0.1) is 0 Å². The van der Waals surface area contributed by atoms with Gasteiger partial charge in [0, 0.05) is 5.56 Å². The first kappa shape index (κ1) is 14.0. The monoisotopic (exact) mass is 259 g/mol. The average molecular weight is 259 g/mol. The number of aliphatic hydroxyl groups is 1. The van der Waals surface area contributed by atoms with Gasteiger partial charge in [0.05, 0.1) is 13.0 Å². The van der Waals surface area contributed by atoms with Gasteiger partial charge >= 0.3 is 5.97 Å². The summed E-state index contributed by atoms with van der Waals surface area (Å²) < 4.78 is 26.1. The molecule has 1 amide bonds. The van der Waals surface area contributed by atoms with Gasteiger partial charge in [0.2, 0.25) is 5.91 Å². The van der Waals surface area contributed by atoms with E-state index in [9.17, 15) is 18.4 Å². The third kappa shape index (κ3) is 3.49.